The van der Waals surface area contributed by atoms with Crippen LogP contribution in [-0.2, 0) is 9.53 Å². The first-order valence-electron chi connectivity index (χ1n) is 6.83. The van der Waals surface area contributed by atoms with E-state index in [1.165, 1.54) is 6.92 Å². The minimum absolute atomic E-state index is 0.0157. The highest BCUT2D eigenvalue weighted by atomic mass is 35.5. The lowest BCUT2D eigenvalue weighted by Crippen LogP contribution is -2.38. The van der Waals surface area contributed by atoms with Gasteiger partial charge in [-0.1, -0.05) is 23.7 Å². The maximum Gasteiger partial charge on any atom is 0.252 e. The zero-order valence-corrected chi connectivity index (χ0v) is 13.2. The van der Waals surface area contributed by atoms with Crippen molar-refractivity contribution in [3.8, 4) is 0 Å². The van der Waals surface area contributed by atoms with E-state index in [0.29, 0.717) is 36.8 Å². The molecular weight excluding hydrogens is 292 g/mol. The van der Waals surface area contributed by atoms with Crippen LogP contribution in [0, 0.1) is 0 Å². The number of hydrogen-bond acceptors (Lipinski definition) is 3. The molecule has 0 fully saturated rings. The summed E-state index contributed by atoms with van der Waals surface area (Å²) in [7, 11) is 1.63. The summed E-state index contributed by atoms with van der Waals surface area (Å²) in [5.74, 6) is -0.251. The van der Waals surface area contributed by atoms with Crippen molar-refractivity contribution in [2.45, 2.75) is 13.3 Å². The number of carbonyl (C=O) groups is 2. The van der Waals surface area contributed by atoms with E-state index in [9.17, 15) is 9.59 Å². The largest absolute Gasteiger partial charge is 0.385 e. The summed E-state index contributed by atoms with van der Waals surface area (Å²) in [6.45, 7) is 3.59. The maximum atomic E-state index is 12.0. The molecule has 5 nitrogen and oxygen atoms in total. The zero-order valence-electron chi connectivity index (χ0n) is 12.4. The first kappa shape index (κ1) is 17.5. The van der Waals surface area contributed by atoms with Gasteiger partial charge in [0.15, 0.2) is 0 Å². The van der Waals surface area contributed by atoms with Gasteiger partial charge >= 0.3 is 0 Å². The summed E-state index contributed by atoms with van der Waals surface area (Å²) in [5, 5.41) is 3.18. The molecule has 1 aromatic rings. The molecule has 0 atom stereocenters. The predicted molar refractivity (Wildman–Crippen MR) is 82.5 cm³/mol. The molecule has 0 aromatic heterocycles. The van der Waals surface area contributed by atoms with Crippen molar-refractivity contribution in [3.63, 3.8) is 0 Å². The molecule has 0 heterocycles. The van der Waals surface area contributed by atoms with Crippen molar-refractivity contribution >= 4 is 23.4 Å². The third-order valence-corrected chi connectivity index (χ3v) is 3.34. The van der Waals surface area contributed by atoms with Crippen molar-refractivity contribution in [1.82, 2.24) is 10.2 Å². The molecule has 1 rings (SSSR count). The van der Waals surface area contributed by atoms with E-state index in [1.54, 1.807) is 36.3 Å². The third-order valence-electron chi connectivity index (χ3n) is 3.01. The average Bonchev–Trinajstić information content (AvgIpc) is 2.45. The molecule has 0 spiro atoms. The second-order valence-corrected chi connectivity index (χ2v) is 5.00. The van der Waals surface area contributed by atoms with Crippen LogP contribution in [0.25, 0.3) is 0 Å². The number of rotatable bonds is 8. The van der Waals surface area contributed by atoms with Crippen molar-refractivity contribution in [2.24, 2.45) is 0 Å². The number of benzene rings is 1. The SMILES string of the molecule is COCCCN(CCNC(=O)c1ccccc1Cl)C(C)=O. The van der Waals surface area contributed by atoms with Gasteiger partial charge in [0.05, 0.1) is 10.6 Å². The van der Waals surface area contributed by atoms with Gasteiger partial charge in [0.25, 0.3) is 5.91 Å². The molecule has 0 saturated heterocycles. The van der Waals surface area contributed by atoms with E-state index in [0.717, 1.165) is 6.42 Å². The van der Waals surface area contributed by atoms with Crippen LogP contribution in [0.4, 0.5) is 0 Å². The maximum absolute atomic E-state index is 12.0. The summed E-state index contributed by atoms with van der Waals surface area (Å²) in [6, 6.07) is 6.86. The second kappa shape index (κ2) is 9.37. The second-order valence-electron chi connectivity index (χ2n) is 4.59. The van der Waals surface area contributed by atoms with Gasteiger partial charge in [-0.3, -0.25) is 9.59 Å². The fraction of sp³-hybridized carbons (Fsp3) is 0.467. The Kier molecular flexibility index (Phi) is 7.79. The summed E-state index contributed by atoms with van der Waals surface area (Å²) in [6.07, 6.45) is 0.772. The Morgan fingerprint density at radius 3 is 2.62 bits per heavy atom. The van der Waals surface area contributed by atoms with Crippen LogP contribution in [0.3, 0.4) is 0 Å². The molecule has 0 radical (unpaired) electrons. The minimum Gasteiger partial charge on any atom is -0.385 e. The number of hydrogen-bond donors (Lipinski definition) is 1. The summed E-state index contributed by atoms with van der Waals surface area (Å²) in [4.78, 5) is 25.1. The molecule has 0 aliphatic heterocycles. The Morgan fingerprint density at radius 2 is 2.00 bits per heavy atom. The van der Waals surface area contributed by atoms with Gasteiger partial charge in [0, 0.05) is 40.3 Å². The Morgan fingerprint density at radius 1 is 1.29 bits per heavy atom. The van der Waals surface area contributed by atoms with Crippen molar-refractivity contribution in [1.29, 1.82) is 0 Å². The molecular formula is C15H21ClN2O3. The van der Waals surface area contributed by atoms with E-state index in [-0.39, 0.29) is 11.8 Å². The standard InChI is InChI=1S/C15H21ClN2O3/c1-12(19)18(9-5-11-21-2)10-8-17-15(20)13-6-3-4-7-14(13)16/h3-4,6-7H,5,8-11H2,1-2H3,(H,17,20). The van der Waals surface area contributed by atoms with Gasteiger partial charge in [-0.25, -0.2) is 0 Å². The van der Waals surface area contributed by atoms with Gasteiger partial charge in [-0.2, -0.15) is 0 Å². The highest BCUT2D eigenvalue weighted by Crippen LogP contribution is 2.14. The zero-order chi connectivity index (χ0) is 15.7. The normalized spacial score (nSPS) is 10.2. The van der Waals surface area contributed by atoms with E-state index < -0.39 is 0 Å². The number of nitrogens with one attached hydrogen (secondary N) is 1. The Balaban J connectivity index is 2.41. The van der Waals surface area contributed by atoms with Gasteiger partial charge < -0.3 is 15.0 Å². The summed E-state index contributed by atoms with van der Waals surface area (Å²) in [5.41, 5.74) is 0.438. The number of halogens is 1. The van der Waals surface area contributed by atoms with Crippen molar-refractivity contribution < 1.29 is 14.3 Å². The lowest BCUT2D eigenvalue weighted by molar-refractivity contribution is -0.129. The fourth-order valence-corrected chi connectivity index (χ4v) is 2.09. The highest BCUT2D eigenvalue weighted by Gasteiger charge is 2.11. The molecule has 0 bridgehead atoms. The van der Waals surface area contributed by atoms with Crippen LogP contribution >= 0.6 is 11.6 Å². The fourth-order valence-electron chi connectivity index (χ4n) is 1.87. The number of nitrogens with zero attached hydrogens (tertiary/aromatic N) is 1. The summed E-state index contributed by atoms with van der Waals surface area (Å²) >= 11 is 5.96. The first-order valence-corrected chi connectivity index (χ1v) is 7.21. The lowest BCUT2D eigenvalue weighted by atomic mass is 10.2. The minimum atomic E-state index is -0.235. The van der Waals surface area contributed by atoms with Crippen LogP contribution in [-0.4, -0.2) is 50.1 Å². The predicted octanol–water partition coefficient (Wildman–Crippen LogP) is 1.95. The molecule has 1 N–H and O–H groups in total. The number of amides is 2. The average molecular weight is 313 g/mol. The van der Waals surface area contributed by atoms with E-state index in [4.69, 9.17) is 16.3 Å². The lowest BCUT2D eigenvalue weighted by Gasteiger charge is -2.21. The molecule has 0 aliphatic rings. The molecule has 0 unspecified atom stereocenters. The number of carbonyl (C=O) groups excluding carboxylic acids is 2. The molecule has 1 aromatic carbocycles. The molecule has 116 valence electrons. The summed E-state index contributed by atoms with van der Waals surface area (Å²) < 4.78 is 4.96. The first-order chi connectivity index (χ1) is 10.1. The van der Waals surface area contributed by atoms with Crippen LogP contribution in [0.5, 0.6) is 0 Å². The van der Waals surface area contributed by atoms with Crippen LogP contribution < -0.4 is 5.32 Å². The molecule has 0 saturated carbocycles. The third kappa shape index (κ3) is 6.14. The topological polar surface area (TPSA) is 58.6 Å². The highest BCUT2D eigenvalue weighted by molar-refractivity contribution is 6.33. The molecule has 2 amide bonds. The van der Waals surface area contributed by atoms with Crippen molar-refractivity contribution in [3.05, 3.63) is 34.9 Å². The van der Waals surface area contributed by atoms with E-state index in [1.807, 2.05) is 0 Å². The smallest absolute Gasteiger partial charge is 0.252 e. The van der Waals surface area contributed by atoms with E-state index >= 15 is 0 Å². The van der Waals surface area contributed by atoms with Crippen molar-refractivity contribution in [2.75, 3.05) is 33.4 Å². The Bertz CT molecular complexity index is 480. The van der Waals surface area contributed by atoms with Crippen LogP contribution in [0.2, 0.25) is 5.02 Å². The Labute approximate surface area is 130 Å². The quantitative estimate of drug-likeness (QED) is 0.746. The molecule has 6 heteroatoms. The van der Waals surface area contributed by atoms with Gasteiger partial charge in [-0.05, 0) is 18.6 Å². The van der Waals surface area contributed by atoms with Crippen LogP contribution in [0.15, 0.2) is 24.3 Å². The number of methoxy groups -OCH3 is 1. The Hall–Kier alpha value is -1.59. The van der Waals surface area contributed by atoms with Gasteiger partial charge in [0.2, 0.25) is 5.91 Å². The number of ether oxygens (including phenoxy) is 1. The molecule has 21 heavy (non-hydrogen) atoms. The van der Waals surface area contributed by atoms with Gasteiger partial charge in [-0.15, -0.1) is 0 Å². The van der Waals surface area contributed by atoms with E-state index in [2.05, 4.69) is 5.32 Å². The molecule has 0 aliphatic carbocycles. The van der Waals surface area contributed by atoms with Gasteiger partial charge in [0.1, 0.15) is 0 Å². The van der Waals surface area contributed by atoms with Crippen LogP contribution in [0.1, 0.15) is 23.7 Å². The monoisotopic (exact) mass is 312 g/mol.